The summed E-state index contributed by atoms with van der Waals surface area (Å²) in [6.45, 7) is 8.09. The Kier molecular flexibility index (Phi) is 2.30. The van der Waals surface area contributed by atoms with Crippen molar-refractivity contribution in [2.24, 2.45) is 11.3 Å². The predicted molar refractivity (Wildman–Crippen MR) is 55.7 cm³/mol. The van der Waals surface area contributed by atoms with E-state index in [1.165, 1.54) is 12.8 Å². The average Bonchev–Trinajstić information content (AvgIpc) is 2.84. The van der Waals surface area contributed by atoms with E-state index in [1.807, 2.05) is 4.90 Å². The fourth-order valence-corrected chi connectivity index (χ4v) is 2.31. The van der Waals surface area contributed by atoms with Gasteiger partial charge in [0, 0.05) is 6.54 Å². The summed E-state index contributed by atoms with van der Waals surface area (Å²) in [5.41, 5.74) is 0.440. The van der Waals surface area contributed by atoms with E-state index >= 15 is 0 Å². The molecule has 1 N–H and O–H groups in total. The molecule has 1 unspecified atom stereocenters. The molecule has 80 valence electrons. The molecule has 1 aliphatic heterocycles. The summed E-state index contributed by atoms with van der Waals surface area (Å²) < 4.78 is 0. The molecule has 0 aromatic rings. The normalized spacial score (nSPS) is 30.1. The van der Waals surface area contributed by atoms with Crippen LogP contribution in [0.3, 0.4) is 0 Å². The Morgan fingerprint density at radius 2 is 2.21 bits per heavy atom. The molecule has 1 atom stereocenters. The molecule has 2 fully saturated rings. The molecular weight excluding hydrogens is 176 g/mol. The van der Waals surface area contributed by atoms with Gasteiger partial charge in [-0.05, 0) is 31.1 Å². The lowest BCUT2D eigenvalue weighted by Crippen LogP contribution is -2.40. The zero-order valence-electron chi connectivity index (χ0n) is 9.34. The summed E-state index contributed by atoms with van der Waals surface area (Å²) in [5.74, 6) is 0.965. The van der Waals surface area contributed by atoms with Crippen molar-refractivity contribution in [3.05, 3.63) is 0 Å². The molecule has 0 bridgehead atoms. The Bertz CT molecular complexity index is 246. The summed E-state index contributed by atoms with van der Waals surface area (Å²) in [6.07, 6.45) is 2.82. The first-order valence-electron chi connectivity index (χ1n) is 5.58. The molecule has 0 radical (unpaired) electrons. The van der Waals surface area contributed by atoms with Gasteiger partial charge in [0.1, 0.15) is 0 Å². The van der Waals surface area contributed by atoms with Gasteiger partial charge >= 0.3 is 0 Å². The SMILES string of the molecule is CC1NCC(=O)N1CC1(C(C)C)CC1. The van der Waals surface area contributed by atoms with Gasteiger partial charge in [-0.15, -0.1) is 0 Å². The van der Waals surface area contributed by atoms with Crippen LogP contribution in [0.4, 0.5) is 0 Å². The summed E-state index contributed by atoms with van der Waals surface area (Å²) in [7, 11) is 0. The Balaban J connectivity index is 2.00. The highest BCUT2D eigenvalue weighted by atomic mass is 16.2. The van der Waals surface area contributed by atoms with Crippen LogP contribution in [-0.4, -0.2) is 30.1 Å². The second-order valence-electron chi connectivity index (χ2n) is 5.10. The van der Waals surface area contributed by atoms with Gasteiger partial charge in [0.15, 0.2) is 0 Å². The van der Waals surface area contributed by atoms with Gasteiger partial charge in [-0.1, -0.05) is 13.8 Å². The van der Waals surface area contributed by atoms with E-state index in [2.05, 4.69) is 26.1 Å². The van der Waals surface area contributed by atoms with Crippen molar-refractivity contribution in [2.75, 3.05) is 13.1 Å². The van der Waals surface area contributed by atoms with Crippen molar-refractivity contribution in [1.82, 2.24) is 10.2 Å². The summed E-state index contributed by atoms with van der Waals surface area (Å²) >= 11 is 0. The first-order chi connectivity index (χ1) is 6.55. The maximum Gasteiger partial charge on any atom is 0.237 e. The predicted octanol–water partition coefficient (Wildman–Crippen LogP) is 1.20. The third-order valence-electron chi connectivity index (χ3n) is 3.94. The average molecular weight is 196 g/mol. The lowest BCUT2D eigenvalue weighted by molar-refractivity contribution is -0.128. The summed E-state index contributed by atoms with van der Waals surface area (Å²) in [4.78, 5) is 13.6. The largest absolute Gasteiger partial charge is 0.326 e. The van der Waals surface area contributed by atoms with E-state index in [0.717, 1.165) is 6.54 Å². The minimum absolute atomic E-state index is 0.235. The third kappa shape index (κ3) is 1.54. The quantitative estimate of drug-likeness (QED) is 0.735. The fraction of sp³-hybridized carbons (Fsp3) is 0.909. The molecule has 2 aliphatic rings. The number of rotatable bonds is 3. The van der Waals surface area contributed by atoms with Gasteiger partial charge in [0.25, 0.3) is 0 Å². The molecule has 0 aromatic heterocycles. The lowest BCUT2D eigenvalue weighted by atomic mass is 9.92. The van der Waals surface area contributed by atoms with Crippen LogP contribution in [0.1, 0.15) is 33.6 Å². The smallest absolute Gasteiger partial charge is 0.237 e. The standard InChI is InChI=1S/C11H20N2O/c1-8(2)11(4-5-11)7-13-9(3)12-6-10(13)14/h8-9,12H,4-7H2,1-3H3. The summed E-state index contributed by atoms with van der Waals surface area (Å²) in [5, 5.41) is 3.18. The molecule has 14 heavy (non-hydrogen) atoms. The number of nitrogens with zero attached hydrogens (tertiary/aromatic N) is 1. The van der Waals surface area contributed by atoms with Crippen molar-refractivity contribution in [2.45, 2.75) is 39.8 Å². The minimum atomic E-state index is 0.235. The second-order valence-corrected chi connectivity index (χ2v) is 5.10. The third-order valence-corrected chi connectivity index (χ3v) is 3.94. The molecule has 1 aliphatic carbocycles. The van der Waals surface area contributed by atoms with Crippen LogP contribution in [0.25, 0.3) is 0 Å². The molecule has 0 aromatic carbocycles. The molecule has 1 saturated heterocycles. The zero-order valence-corrected chi connectivity index (χ0v) is 9.34. The molecule has 3 nitrogen and oxygen atoms in total. The van der Waals surface area contributed by atoms with Crippen LogP contribution in [0.5, 0.6) is 0 Å². The molecular formula is C11H20N2O. The molecule has 2 rings (SSSR count). The van der Waals surface area contributed by atoms with E-state index in [9.17, 15) is 4.79 Å². The number of carbonyl (C=O) groups is 1. The van der Waals surface area contributed by atoms with Crippen LogP contribution < -0.4 is 5.32 Å². The number of hydrogen-bond acceptors (Lipinski definition) is 2. The second kappa shape index (κ2) is 3.23. The van der Waals surface area contributed by atoms with Gasteiger partial charge in [0.05, 0.1) is 12.7 Å². The van der Waals surface area contributed by atoms with Crippen molar-refractivity contribution >= 4 is 5.91 Å². The van der Waals surface area contributed by atoms with Crippen LogP contribution in [-0.2, 0) is 4.79 Å². The fourth-order valence-electron chi connectivity index (χ4n) is 2.31. The van der Waals surface area contributed by atoms with Crippen LogP contribution >= 0.6 is 0 Å². The van der Waals surface area contributed by atoms with Gasteiger partial charge in [-0.3, -0.25) is 10.1 Å². The first kappa shape index (κ1) is 9.97. The van der Waals surface area contributed by atoms with E-state index < -0.39 is 0 Å². The molecule has 1 heterocycles. The van der Waals surface area contributed by atoms with Crippen LogP contribution in [0, 0.1) is 11.3 Å². The number of nitrogens with one attached hydrogen (secondary N) is 1. The van der Waals surface area contributed by atoms with Gasteiger partial charge < -0.3 is 4.90 Å². The van der Waals surface area contributed by atoms with E-state index in [0.29, 0.717) is 17.9 Å². The van der Waals surface area contributed by atoms with Gasteiger partial charge in [-0.25, -0.2) is 0 Å². The van der Waals surface area contributed by atoms with Gasteiger partial charge in [-0.2, -0.15) is 0 Å². The van der Waals surface area contributed by atoms with E-state index in [1.54, 1.807) is 0 Å². The molecule has 1 amide bonds. The van der Waals surface area contributed by atoms with Crippen molar-refractivity contribution in [3.8, 4) is 0 Å². The number of amides is 1. The van der Waals surface area contributed by atoms with Crippen molar-refractivity contribution in [1.29, 1.82) is 0 Å². The number of carbonyl (C=O) groups excluding carboxylic acids is 1. The van der Waals surface area contributed by atoms with Crippen LogP contribution in [0.15, 0.2) is 0 Å². The van der Waals surface area contributed by atoms with Crippen molar-refractivity contribution in [3.63, 3.8) is 0 Å². The maximum atomic E-state index is 11.6. The van der Waals surface area contributed by atoms with E-state index in [-0.39, 0.29) is 12.1 Å². The van der Waals surface area contributed by atoms with E-state index in [4.69, 9.17) is 0 Å². The number of hydrogen-bond donors (Lipinski definition) is 1. The maximum absolute atomic E-state index is 11.6. The summed E-state index contributed by atoms with van der Waals surface area (Å²) in [6, 6.07) is 0. The molecule has 1 saturated carbocycles. The minimum Gasteiger partial charge on any atom is -0.326 e. The highest BCUT2D eigenvalue weighted by Crippen LogP contribution is 2.52. The topological polar surface area (TPSA) is 32.3 Å². The Labute approximate surface area is 85.8 Å². The van der Waals surface area contributed by atoms with Gasteiger partial charge in [0.2, 0.25) is 5.91 Å². The Hall–Kier alpha value is -0.570. The first-order valence-corrected chi connectivity index (χ1v) is 5.58. The highest BCUT2D eigenvalue weighted by molar-refractivity contribution is 5.80. The Morgan fingerprint density at radius 1 is 1.57 bits per heavy atom. The molecule has 0 spiro atoms. The lowest BCUT2D eigenvalue weighted by Gasteiger charge is -2.29. The van der Waals surface area contributed by atoms with Crippen LogP contribution in [0.2, 0.25) is 0 Å². The van der Waals surface area contributed by atoms with Crippen molar-refractivity contribution < 1.29 is 4.79 Å². The highest BCUT2D eigenvalue weighted by Gasteiger charge is 2.48. The Morgan fingerprint density at radius 3 is 2.57 bits per heavy atom. The molecule has 3 heteroatoms. The monoisotopic (exact) mass is 196 g/mol. The zero-order chi connectivity index (χ0) is 10.3.